The van der Waals surface area contributed by atoms with Crippen LogP contribution in [-0.4, -0.2) is 29.2 Å². The first kappa shape index (κ1) is 7.95. The average Bonchev–Trinajstić information content (AvgIpc) is 2.12. The fourth-order valence-electron chi connectivity index (χ4n) is 0.975. The van der Waals surface area contributed by atoms with E-state index in [2.05, 4.69) is 15.3 Å². The van der Waals surface area contributed by atoms with E-state index in [0.717, 1.165) is 13.1 Å². The van der Waals surface area contributed by atoms with Crippen molar-refractivity contribution < 1.29 is 4.74 Å². The molecule has 2 heterocycles. The molecule has 0 bridgehead atoms. The molecule has 2 rings (SSSR count). The molecule has 5 nitrogen and oxygen atoms in total. The molecule has 1 aromatic heterocycles. The van der Waals surface area contributed by atoms with Gasteiger partial charge >= 0.3 is 0 Å². The Labute approximate surface area is 75.4 Å². The fraction of sp³-hybridized carbons (Fsp3) is 0.375. The summed E-state index contributed by atoms with van der Waals surface area (Å²) in [7, 11) is 0. The van der Waals surface area contributed by atoms with E-state index in [4.69, 9.17) is 10.00 Å². The van der Waals surface area contributed by atoms with E-state index in [1.165, 1.54) is 12.4 Å². The maximum Gasteiger partial charge on any atom is 0.233 e. The molecule has 0 spiro atoms. The Kier molecular flexibility index (Phi) is 2.06. The molecular formula is C8H8N4O. The molecule has 1 aromatic rings. The third kappa shape index (κ3) is 1.73. The van der Waals surface area contributed by atoms with Crippen molar-refractivity contribution in [3.63, 3.8) is 0 Å². The Hall–Kier alpha value is -1.67. The van der Waals surface area contributed by atoms with Crippen LogP contribution in [0.2, 0.25) is 0 Å². The highest BCUT2D eigenvalue weighted by molar-refractivity contribution is 5.19. The molecule has 13 heavy (non-hydrogen) atoms. The van der Waals surface area contributed by atoms with Gasteiger partial charge in [0.25, 0.3) is 0 Å². The van der Waals surface area contributed by atoms with Crippen LogP contribution in [0.4, 0.5) is 0 Å². The topological polar surface area (TPSA) is 70.8 Å². The largest absolute Gasteiger partial charge is 0.471 e. The van der Waals surface area contributed by atoms with Crippen molar-refractivity contribution in [2.24, 2.45) is 0 Å². The lowest BCUT2D eigenvalue weighted by Crippen LogP contribution is -2.50. The number of rotatable bonds is 2. The average molecular weight is 176 g/mol. The summed E-state index contributed by atoms with van der Waals surface area (Å²) in [6.07, 6.45) is 3.09. The standard InChI is InChI=1S/C8H8N4O/c9-1-6-2-10-5-8(12-6)13-7-3-11-4-7/h2,5,7,11H,3-4H2. The van der Waals surface area contributed by atoms with Crippen molar-refractivity contribution in [2.45, 2.75) is 6.10 Å². The number of aromatic nitrogens is 2. The molecule has 0 radical (unpaired) electrons. The lowest BCUT2D eigenvalue weighted by Gasteiger charge is -2.26. The first-order valence-corrected chi connectivity index (χ1v) is 3.98. The van der Waals surface area contributed by atoms with Gasteiger partial charge in [0.2, 0.25) is 5.88 Å². The van der Waals surface area contributed by atoms with Gasteiger partial charge in [-0.1, -0.05) is 0 Å². The van der Waals surface area contributed by atoms with Gasteiger partial charge in [-0.25, -0.2) is 0 Å². The predicted molar refractivity (Wildman–Crippen MR) is 44.0 cm³/mol. The summed E-state index contributed by atoms with van der Waals surface area (Å²) in [5.41, 5.74) is 0.282. The van der Waals surface area contributed by atoms with E-state index in [0.29, 0.717) is 5.88 Å². The van der Waals surface area contributed by atoms with E-state index in [1.807, 2.05) is 6.07 Å². The minimum Gasteiger partial charge on any atom is -0.471 e. The quantitative estimate of drug-likeness (QED) is 0.669. The molecule has 1 saturated heterocycles. The van der Waals surface area contributed by atoms with Crippen molar-refractivity contribution in [3.05, 3.63) is 18.1 Å². The molecule has 0 aromatic carbocycles. The molecule has 0 unspecified atom stereocenters. The number of hydrogen-bond donors (Lipinski definition) is 1. The van der Waals surface area contributed by atoms with Crippen LogP contribution in [0, 0.1) is 11.3 Å². The summed E-state index contributed by atoms with van der Waals surface area (Å²) in [6, 6.07) is 1.91. The van der Waals surface area contributed by atoms with Gasteiger partial charge < -0.3 is 10.1 Å². The van der Waals surface area contributed by atoms with Crippen molar-refractivity contribution >= 4 is 0 Å². The van der Waals surface area contributed by atoms with Crippen LogP contribution in [0.1, 0.15) is 5.69 Å². The molecule has 1 aliphatic rings. The minimum absolute atomic E-state index is 0.170. The highest BCUT2D eigenvalue weighted by Gasteiger charge is 2.18. The molecule has 0 amide bonds. The lowest BCUT2D eigenvalue weighted by molar-refractivity contribution is 0.135. The number of hydrogen-bond acceptors (Lipinski definition) is 5. The van der Waals surface area contributed by atoms with Gasteiger partial charge in [-0.05, 0) is 0 Å². The van der Waals surface area contributed by atoms with Crippen LogP contribution >= 0.6 is 0 Å². The predicted octanol–water partition coefficient (Wildman–Crippen LogP) is -0.301. The minimum atomic E-state index is 0.170. The SMILES string of the molecule is N#Cc1cncc(OC2CNC2)n1. The summed E-state index contributed by atoms with van der Waals surface area (Å²) in [6.45, 7) is 1.66. The summed E-state index contributed by atoms with van der Waals surface area (Å²) in [4.78, 5) is 7.78. The van der Waals surface area contributed by atoms with Crippen molar-refractivity contribution in [2.75, 3.05) is 13.1 Å². The van der Waals surface area contributed by atoms with Crippen molar-refractivity contribution in [1.29, 1.82) is 5.26 Å². The van der Waals surface area contributed by atoms with Gasteiger partial charge in [-0.2, -0.15) is 10.2 Å². The molecule has 1 aliphatic heterocycles. The van der Waals surface area contributed by atoms with Gasteiger partial charge in [0, 0.05) is 13.1 Å². The highest BCUT2D eigenvalue weighted by Crippen LogP contribution is 2.08. The zero-order valence-corrected chi connectivity index (χ0v) is 6.90. The van der Waals surface area contributed by atoms with Gasteiger partial charge in [0.05, 0.1) is 12.4 Å². The highest BCUT2D eigenvalue weighted by atomic mass is 16.5. The van der Waals surface area contributed by atoms with E-state index < -0.39 is 0 Å². The Bertz CT molecular complexity index is 342. The molecule has 5 heteroatoms. The number of nitrogens with one attached hydrogen (secondary N) is 1. The Morgan fingerprint density at radius 3 is 3.00 bits per heavy atom. The second-order valence-electron chi connectivity index (χ2n) is 2.75. The van der Waals surface area contributed by atoms with Gasteiger partial charge in [0.1, 0.15) is 12.2 Å². The van der Waals surface area contributed by atoms with Crippen LogP contribution < -0.4 is 10.1 Å². The van der Waals surface area contributed by atoms with E-state index in [-0.39, 0.29) is 11.8 Å². The summed E-state index contributed by atoms with van der Waals surface area (Å²) in [5, 5.41) is 11.6. The molecule has 1 N–H and O–H groups in total. The monoisotopic (exact) mass is 176 g/mol. The second-order valence-corrected chi connectivity index (χ2v) is 2.75. The Morgan fingerprint density at radius 2 is 2.38 bits per heavy atom. The zero-order valence-electron chi connectivity index (χ0n) is 6.90. The number of ether oxygens (including phenoxy) is 1. The van der Waals surface area contributed by atoms with Gasteiger partial charge in [-0.15, -0.1) is 0 Å². The van der Waals surface area contributed by atoms with E-state index in [1.54, 1.807) is 0 Å². The first-order chi connectivity index (χ1) is 6.38. The summed E-state index contributed by atoms with van der Waals surface area (Å²) >= 11 is 0. The zero-order chi connectivity index (χ0) is 9.10. The Balaban J connectivity index is 2.07. The summed E-state index contributed by atoms with van der Waals surface area (Å²) in [5.74, 6) is 0.422. The molecule has 1 fully saturated rings. The molecular weight excluding hydrogens is 168 g/mol. The number of nitriles is 1. The molecule has 0 aliphatic carbocycles. The van der Waals surface area contributed by atoms with Crippen LogP contribution in [0.15, 0.2) is 12.4 Å². The number of nitrogens with zero attached hydrogens (tertiary/aromatic N) is 3. The Morgan fingerprint density at radius 1 is 1.54 bits per heavy atom. The van der Waals surface area contributed by atoms with Crippen LogP contribution in [0.5, 0.6) is 5.88 Å². The van der Waals surface area contributed by atoms with E-state index in [9.17, 15) is 0 Å². The maximum absolute atomic E-state index is 8.55. The van der Waals surface area contributed by atoms with Crippen LogP contribution in [0.3, 0.4) is 0 Å². The third-order valence-corrected chi connectivity index (χ3v) is 1.76. The van der Waals surface area contributed by atoms with Crippen molar-refractivity contribution in [1.82, 2.24) is 15.3 Å². The lowest BCUT2D eigenvalue weighted by atomic mass is 10.2. The van der Waals surface area contributed by atoms with E-state index >= 15 is 0 Å². The van der Waals surface area contributed by atoms with Gasteiger partial charge in [0.15, 0.2) is 5.69 Å². The van der Waals surface area contributed by atoms with Crippen LogP contribution in [0.25, 0.3) is 0 Å². The molecule has 0 saturated carbocycles. The van der Waals surface area contributed by atoms with Crippen LogP contribution in [-0.2, 0) is 0 Å². The normalized spacial score (nSPS) is 15.9. The first-order valence-electron chi connectivity index (χ1n) is 3.98. The third-order valence-electron chi connectivity index (χ3n) is 1.76. The second kappa shape index (κ2) is 3.37. The maximum atomic E-state index is 8.55. The fourth-order valence-corrected chi connectivity index (χ4v) is 0.975. The smallest absolute Gasteiger partial charge is 0.233 e. The van der Waals surface area contributed by atoms with Gasteiger partial charge in [-0.3, -0.25) is 4.98 Å². The molecule has 0 atom stereocenters. The summed E-state index contributed by atoms with van der Waals surface area (Å²) < 4.78 is 5.41. The van der Waals surface area contributed by atoms with Crippen molar-refractivity contribution in [3.8, 4) is 11.9 Å². The molecule has 66 valence electrons.